The van der Waals surface area contributed by atoms with E-state index < -0.39 is 11.8 Å². The number of hydrogen-bond acceptors (Lipinski definition) is 4. The molecule has 2 amide bonds. The molecule has 1 N–H and O–H groups in total. The van der Waals surface area contributed by atoms with E-state index in [4.69, 9.17) is 23.8 Å². The van der Waals surface area contributed by atoms with Crippen molar-refractivity contribution in [3.05, 3.63) is 62.1 Å². The third-order valence-corrected chi connectivity index (χ3v) is 7.86. The van der Waals surface area contributed by atoms with Crippen molar-refractivity contribution in [1.82, 2.24) is 5.32 Å². The first-order valence-electron chi connectivity index (χ1n) is 11.7. The summed E-state index contributed by atoms with van der Waals surface area (Å²) >= 11 is 15.5. The summed E-state index contributed by atoms with van der Waals surface area (Å²) in [6, 6.07) is 9.54. The van der Waals surface area contributed by atoms with Crippen LogP contribution in [0.15, 0.2) is 40.4 Å². The van der Waals surface area contributed by atoms with Crippen LogP contribution in [0.4, 0.5) is 11.4 Å². The van der Waals surface area contributed by atoms with E-state index in [2.05, 4.69) is 53.8 Å². The molecule has 1 unspecified atom stereocenters. The topological polar surface area (TPSA) is 52.7 Å². The highest BCUT2D eigenvalue weighted by Crippen LogP contribution is 2.45. The van der Waals surface area contributed by atoms with E-state index in [0.29, 0.717) is 22.2 Å². The van der Waals surface area contributed by atoms with Crippen molar-refractivity contribution in [2.45, 2.75) is 58.9 Å². The minimum Gasteiger partial charge on any atom is -0.366 e. The highest BCUT2D eigenvalue weighted by Gasteiger charge is 2.38. The van der Waals surface area contributed by atoms with Crippen LogP contribution in [-0.4, -0.2) is 29.0 Å². The number of benzene rings is 2. The van der Waals surface area contributed by atoms with Crippen molar-refractivity contribution in [1.29, 1.82) is 0 Å². The third-order valence-electron chi connectivity index (χ3n) is 6.75. The molecule has 35 heavy (non-hydrogen) atoms. The molecule has 2 aromatic carbocycles. The summed E-state index contributed by atoms with van der Waals surface area (Å²) in [5, 5.41) is 3.22. The monoisotopic (exact) mass is 573 g/mol. The number of fused-ring (bicyclic) bond motifs is 1. The fourth-order valence-corrected chi connectivity index (χ4v) is 6.14. The Balaban J connectivity index is 1.78. The van der Waals surface area contributed by atoms with E-state index in [1.165, 1.54) is 10.5 Å². The lowest BCUT2D eigenvalue weighted by molar-refractivity contribution is -0.122. The number of hydrogen-bond donors (Lipinski definition) is 1. The molecule has 1 fully saturated rings. The van der Waals surface area contributed by atoms with Crippen LogP contribution in [0.3, 0.4) is 0 Å². The lowest BCUT2D eigenvalue weighted by Gasteiger charge is -2.47. The van der Waals surface area contributed by atoms with E-state index >= 15 is 0 Å². The second kappa shape index (κ2) is 9.68. The number of aryl methyl sites for hydroxylation is 1. The van der Waals surface area contributed by atoms with Crippen LogP contribution in [0, 0.1) is 6.92 Å². The zero-order chi connectivity index (χ0) is 25.7. The van der Waals surface area contributed by atoms with E-state index in [-0.39, 0.29) is 16.2 Å². The van der Waals surface area contributed by atoms with Crippen LogP contribution in [-0.2, 0) is 9.59 Å². The van der Waals surface area contributed by atoms with Gasteiger partial charge in [0.15, 0.2) is 5.11 Å². The average molecular weight is 575 g/mol. The Bertz CT molecular complexity index is 1270. The normalized spacial score (nSPS) is 20.8. The Morgan fingerprint density at radius 1 is 1.23 bits per heavy atom. The number of halogens is 2. The molecular weight excluding hydrogens is 546 g/mol. The zero-order valence-corrected chi connectivity index (χ0v) is 23.7. The first kappa shape index (κ1) is 25.9. The van der Waals surface area contributed by atoms with Gasteiger partial charge in [-0.3, -0.25) is 19.8 Å². The van der Waals surface area contributed by atoms with Gasteiger partial charge in [0.25, 0.3) is 11.8 Å². The number of carbonyl (C=O) groups excluding carboxylic acids is 2. The van der Waals surface area contributed by atoms with Gasteiger partial charge in [-0.05, 0) is 105 Å². The van der Waals surface area contributed by atoms with Crippen molar-refractivity contribution in [3.8, 4) is 0 Å². The molecule has 0 radical (unpaired) electrons. The summed E-state index contributed by atoms with van der Waals surface area (Å²) in [7, 11) is 0. The predicted molar refractivity (Wildman–Crippen MR) is 151 cm³/mol. The maximum Gasteiger partial charge on any atom is 0.270 e. The van der Waals surface area contributed by atoms with Crippen LogP contribution < -0.4 is 15.1 Å². The largest absolute Gasteiger partial charge is 0.366 e. The van der Waals surface area contributed by atoms with Gasteiger partial charge in [0.2, 0.25) is 0 Å². The number of nitrogens with zero attached hydrogens (tertiary/aromatic N) is 2. The maximum absolute atomic E-state index is 13.5. The van der Waals surface area contributed by atoms with Gasteiger partial charge >= 0.3 is 0 Å². The number of carbonyl (C=O) groups is 2. The Hall–Kier alpha value is -2.22. The first-order valence-corrected chi connectivity index (χ1v) is 13.3. The molecular formula is C27H29BrClN3O2S. The van der Waals surface area contributed by atoms with Crippen LogP contribution in [0.25, 0.3) is 6.08 Å². The minimum absolute atomic E-state index is 0.00280. The second-order valence-electron chi connectivity index (χ2n) is 9.89. The number of anilines is 2. The van der Waals surface area contributed by atoms with Crippen molar-refractivity contribution in [3.63, 3.8) is 0 Å². The number of amides is 2. The van der Waals surface area contributed by atoms with E-state index in [0.717, 1.165) is 35.1 Å². The predicted octanol–water partition coefficient (Wildman–Crippen LogP) is 6.74. The van der Waals surface area contributed by atoms with Crippen LogP contribution in [0.2, 0.25) is 5.02 Å². The smallest absolute Gasteiger partial charge is 0.270 e. The molecule has 8 heteroatoms. The summed E-state index contributed by atoms with van der Waals surface area (Å²) in [6.07, 6.45) is 3.61. The van der Waals surface area contributed by atoms with Crippen LogP contribution in [0.5, 0.6) is 0 Å². The van der Waals surface area contributed by atoms with Gasteiger partial charge in [-0.15, -0.1) is 0 Å². The molecule has 1 saturated heterocycles. The highest BCUT2D eigenvalue weighted by atomic mass is 79.9. The molecule has 2 aliphatic rings. The van der Waals surface area contributed by atoms with E-state index in [9.17, 15) is 9.59 Å². The van der Waals surface area contributed by atoms with Gasteiger partial charge in [-0.2, -0.15) is 0 Å². The van der Waals surface area contributed by atoms with Gasteiger partial charge < -0.3 is 4.90 Å². The summed E-state index contributed by atoms with van der Waals surface area (Å²) < 4.78 is 0.893. The number of rotatable bonds is 4. The quantitative estimate of drug-likeness (QED) is 0.249. The molecule has 4 rings (SSSR count). The summed E-state index contributed by atoms with van der Waals surface area (Å²) in [6.45, 7) is 11.7. The Kier molecular flexibility index (Phi) is 7.15. The number of nitrogens with one attached hydrogen (secondary N) is 1. The molecule has 0 saturated carbocycles. The Morgan fingerprint density at radius 3 is 2.60 bits per heavy atom. The van der Waals surface area contributed by atoms with Crippen molar-refractivity contribution >= 4 is 74.1 Å². The molecule has 5 nitrogen and oxygen atoms in total. The molecule has 0 aromatic heterocycles. The highest BCUT2D eigenvalue weighted by molar-refractivity contribution is 9.10. The zero-order valence-electron chi connectivity index (χ0n) is 20.5. The van der Waals surface area contributed by atoms with Gasteiger partial charge in [-0.25, -0.2) is 0 Å². The SMILES string of the molecule is CCCN1c2cc(Cl)c(/C=C3/C(=O)NC(=S)N(c4ccc(Br)cc4C)C3=O)cc2C(C)CC1(C)C. The summed E-state index contributed by atoms with van der Waals surface area (Å²) in [4.78, 5) is 30.2. The maximum atomic E-state index is 13.5. The Labute approximate surface area is 225 Å². The van der Waals surface area contributed by atoms with Crippen molar-refractivity contribution in [2.75, 3.05) is 16.3 Å². The molecule has 2 aromatic rings. The minimum atomic E-state index is -0.526. The summed E-state index contributed by atoms with van der Waals surface area (Å²) in [5.74, 6) is -0.686. The molecule has 1 atom stereocenters. The summed E-state index contributed by atoms with van der Waals surface area (Å²) in [5.41, 5.74) is 4.43. The van der Waals surface area contributed by atoms with Crippen molar-refractivity contribution in [2.24, 2.45) is 0 Å². The fourth-order valence-electron chi connectivity index (χ4n) is 5.18. The van der Waals surface area contributed by atoms with Crippen LogP contribution >= 0.6 is 39.7 Å². The fraction of sp³-hybridized carbons (Fsp3) is 0.370. The van der Waals surface area contributed by atoms with E-state index in [1.54, 1.807) is 12.1 Å². The van der Waals surface area contributed by atoms with Crippen LogP contribution in [0.1, 0.15) is 63.1 Å². The van der Waals surface area contributed by atoms with E-state index in [1.807, 2.05) is 31.2 Å². The van der Waals surface area contributed by atoms with Gasteiger partial charge in [0.05, 0.1) is 5.69 Å². The molecule has 2 aliphatic heterocycles. The van der Waals surface area contributed by atoms with Crippen molar-refractivity contribution < 1.29 is 9.59 Å². The average Bonchev–Trinajstić information content (AvgIpc) is 2.75. The molecule has 0 aliphatic carbocycles. The second-order valence-corrected chi connectivity index (χ2v) is 11.6. The Morgan fingerprint density at radius 2 is 1.94 bits per heavy atom. The molecule has 184 valence electrons. The third kappa shape index (κ3) is 4.78. The lowest BCUT2D eigenvalue weighted by atomic mass is 9.79. The number of thiocarbonyl (C=S) groups is 1. The molecule has 2 heterocycles. The lowest BCUT2D eigenvalue weighted by Crippen LogP contribution is -2.54. The van der Waals surface area contributed by atoms with Gasteiger partial charge in [0.1, 0.15) is 5.57 Å². The molecule has 0 bridgehead atoms. The molecule has 0 spiro atoms. The van der Waals surface area contributed by atoms with Gasteiger partial charge in [0, 0.05) is 27.3 Å². The van der Waals surface area contributed by atoms with Gasteiger partial charge in [-0.1, -0.05) is 41.4 Å². The first-order chi connectivity index (χ1) is 16.4. The standard InChI is InChI=1S/C27H29BrClN3O2S/c1-6-9-31-23-13-21(29)17(11-19(23)16(3)14-27(31,4)5)12-20-24(33)30-26(35)32(25(20)34)22-8-7-18(28)10-15(22)2/h7-8,10-13,16H,6,9,14H2,1-5H3,(H,30,33,35)/b20-12-.